The summed E-state index contributed by atoms with van der Waals surface area (Å²) in [5.41, 5.74) is 1.07. The van der Waals surface area contributed by atoms with Gasteiger partial charge in [0.25, 0.3) is 5.91 Å². The first kappa shape index (κ1) is 12.2. The number of furan rings is 1. The molecule has 4 nitrogen and oxygen atoms in total. The lowest BCUT2D eigenvalue weighted by atomic mass is 10.2. The Morgan fingerprint density at radius 1 is 1.65 bits per heavy atom. The number of aryl methyl sites for hydroxylation is 2. The minimum Gasteiger partial charge on any atom is -0.456 e. The fourth-order valence-corrected chi connectivity index (χ4v) is 2.25. The average molecular weight is 236 g/mol. The van der Waals surface area contributed by atoms with Gasteiger partial charge in [-0.05, 0) is 25.5 Å². The van der Waals surface area contributed by atoms with Crippen LogP contribution in [0.5, 0.6) is 0 Å². The van der Waals surface area contributed by atoms with Crippen molar-refractivity contribution in [1.82, 2.24) is 10.2 Å². The summed E-state index contributed by atoms with van der Waals surface area (Å²) in [5.74, 6) is 1.41. The number of nitrogens with zero attached hydrogens (tertiary/aromatic N) is 1. The lowest BCUT2D eigenvalue weighted by Crippen LogP contribution is -2.51. The summed E-state index contributed by atoms with van der Waals surface area (Å²) >= 11 is 0. The van der Waals surface area contributed by atoms with Crippen LogP contribution in [-0.4, -0.2) is 36.5 Å². The molecule has 2 heterocycles. The molecule has 0 aliphatic carbocycles. The van der Waals surface area contributed by atoms with E-state index in [0.717, 1.165) is 37.4 Å². The average Bonchev–Trinajstić information content (AvgIpc) is 2.69. The molecule has 1 aliphatic heterocycles. The number of piperazine rings is 1. The van der Waals surface area contributed by atoms with Gasteiger partial charge in [0.1, 0.15) is 5.76 Å². The van der Waals surface area contributed by atoms with Crippen molar-refractivity contribution in [3.05, 3.63) is 23.2 Å². The van der Waals surface area contributed by atoms with Gasteiger partial charge in [-0.15, -0.1) is 0 Å². The second-order valence-electron chi connectivity index (χ2n) is 4.68. The zero-order chi connectivity index (χ0) is 12.4. The molecule has 1 aliphatic rings. The van der Waals surface area contributed by atoms with E-state index in [1.54, 1.807) is 0 Å². The standard InChI is InChI=1S/C13H20N2O2/c1-4-11-9(2)7-12(17-11)13(16)15-6-5-14-10(3)8-15/h7,10,14H,4-6,8H2,1-3H3. The summed E-state index contributed by atoms with van der Waals surface area (Å²) in [7, 11) is 0. The van der Waals surface area contributed by atoms with E-state index in [9.17, 15) is 4.79 Å². The van der Waals surface area contributed by atoms with Crippen molar-refractivity contribution in [1.29, 1.82) is 0 Å². The van der Waals surface area contributed by atoms with Crippen molar-refractivity contribution in [3.63, 3.8) is 0 Å². The zero-order valence-corrected chi connectivity index (χ0v) is 10.7. The monoisotopic (exact) mass is 236 g/mol. The van der Waals surface area contributed by atoms with Crippen LogP contribution < -0.4 is 5.32 Å². The Hall–Kier alpha value is -1.29. The topological polar surface area (TPSA) is 45.5 Å². The molecule has 17 heavy (non-hydrogen) atoms. The van der Waals surface area contributed by atoms with Crippen molar-refractivity contribution >= 4 is 5.91 Å². The van der Waals surface area contributed by atoms with Crippen LogP contribution >= 0.6 is 0 Å². The highest BCUT2D eigenvalue weighted by Gasteiger charge is 2.24. The molecular weight excluding hydrogens is 216 g/mol. The molecule has 1 N–H and O–H groups in total. The summed E-state index contributed by atoms with van der Waals surface area (Å²) in [6.07, 6.45) is 0.830. The van der Waals surface area contributed by atoms with Gasteiger partial charge in [-0.2, -0.15) is 0 Å². The van der Waals surface area contributed by atoms with Crippen LogP contribution in [0.25, 0.3) is 0 Å². The van der Waals surface area contributed by atoms with Crippen LogP contribution in [-0.2, 0) is 6.42 Å². The Morgan fingerprint density at radius 3 is 3.00 bits per heavy atom. The van der Waals surface area contributed by atoms with Gasteiger partial charge in [-0.25, -0.2) is 0 Å². The number of carbonyl (C=O) groups is 1. The van der Waals surface area contributed by atoms with Gasteiger partial charge in [0.15, 0.2) is 5.76 Å². The summed E-state index contributed by atoms with van der Waals surface area (Å²) in [6.45, 7) is 8.47. The quantitative estimate of drug-likeness (QED) is 0.848. The highest BCUT2D eigenvalue weighted by atomic mass is 16.4. The first-order valence-corrected chi connectivity index (χ1v) is 6.23. The van der Waals surface area contributed by atoms with Crippen LogP contribution in [0, 0.1) is 6.92 Å². The Morgan fingerprint density at radius 2 is 2.41 bits per heavy atom. The Kier molecular flexibility index (Phi) is 3.52. The Labute approximate surface area is 102 Å². The third kappa shape index (κ3) is 2.52. The van der Waals surface area contributed by atoms with E-state index >= 15 is 0 Å². The van der Waals surface area contributed by atoms with Gasteiger partial charge < -0.3 is 14.6 Å². The second-order valence-corrected chi connectivity index (χ2v) is 4.68. The van der Waals surface area contributed by atoms with Gasteiger partial charge in [0.2, 0.25) is 0 Å². The predicted molar refractivity (Wildman–Crippen MR) is 66.2 cm³/mol. The maximum Gasteiger partial charge on any atom is 0.289 e. The molecule has 1 aromatic rings. The first-order chi connectivity index (χ1) is 8.11. The largest absolute Gasteiger partial charge is 0.456 e. The molecule has 1 atom stereocenters. The van der Waals surface area contributed by atoms with E-state index in [2.05, 4.69) is 12.2 Å². The van der Waals surface area contributed by atoms with Gasteiger partial charge in [-0.1, -0.05) is 6.92 Å². The molecule has 0 radical (unpaired) electrons. The highest BCUT2D eigenvalue weighted by Crippen LogP contribution is 2.17. The van der Waals surface area contributed by atoms with Crippen molar-refractivity contribution < 1.29 is 9.21 Å². The lowest BCUT2D eigenvalue weighted by Gasteiger charge is -2.31. The minimum atomic E-state index is 0.0150. The predicted octanol–water partition coefficient (Wildman–Crippen LogP) is 1.58. The molecule has 1 unspecified atom stereocenters. The van der Waals surface area contributed by atoms with E-state index in [0.29, 0.717) is 11.8 Å². The molecule has 1 fully saturated rings. The van der Waals surface area contributed by atoms with Crippen LogP contribution in [0.3, 0.4) is 0 Å². The molecule has 0 aromatic carbocycles. The van der Waals surface area contributed by atoms with E-state index in [4.69, 9.17) is 4.42 Å². The molecule has 1 aromatic heterocycles. The maximum atomic E-state index is 12.2. The van der Waals surface area contributed by atoms with Crippen molar-refractivity contribution in [2.75, 3.05) is 19.6 Å². The van der Waals surface area contributed by atoms with Crippen molar-refractivity contribution in [2.45, 2.75) is 33.2 Å². The lowest BCUT2D eigenvalue weighted by molar-refractivity contribution is 0.0675. The SMILES string of the molecule is CCc1oc(C(=O)N2CCNC(C)C2)cc1C. The van der Waals surface area contributed by atoms with Crippen LogP contribution in [0.15, 0.2) is 10.5 Å². The van der Waals surface area contributed by atoms with Gasteiger partial charge in [0.05, 0.1) is 0 Å². The molecule has 1 saturated heterocycles. The highest BCUT2D eigenvalue weighted by molar-refractivity contribution is 5.92. The zero-order valence-electron chi connectivity index (χ0n) is 10.7. The third-order valence-electron chi connectivity index (χ3n) is 3.21. The molecule has 2 rings (SSSR count). The van der Waals surface area contributed by atoms with Gasteiger partial charge in [-0.3, -0.25) is 4.79 Å². The summed E-state index contributed by atoms with van der Waals surface area (Å²) in [4.78, 5) is 14.1. The van der Waals surface area contributed by atoms with Crippen LogP contribution in [0.2, 0.25) is 0 Å². The van der Waals surface area contributed by atoms with E-state index < -0.39 is 0 Å². The summed E-state index contributed by atoms with van der Waals surface area (Å²) < 4.78 is 5.60. The molecule has 0 spiro atoms. The molecule has 0 bridgehead atoms. The molecule has 0 saturated carbocycles. The smallest absolute Gasteiger partial charge is 0.289 e. The van der Waals surface area contributed by atoms with Crippen LogP contribution in [0.1, 0.15) is 35.7 Å². The molecular formula is C13H20N2O2. The van der Waals surface area contributed by atoms with E-state index in [1.165, 1.54) is 0 Å². The molecule has 94 valence electrons. The summed E-state index contributed by atoms with van der Waals surface area (Å²) in [5, 5.41) is 3.32. The Balaban J connectivity index is 2.13. The van der Waals surface area contributed by atoms with Crippen molar-refractivity contribution in [2.24, 2.45) is 0 Å². The number of hydrogen-bond acceptors (Lipinski definition) is 3. The molecule has 4 heteroatoms. The Bertz CT molecular complexity index is 412. The van der Waals surface area contributed by atoms with E-state index in [1.807, 2.05) is 24.8 Å². The van der Waals surface area contributed by atoms with E-state index in [-0.39, 0.29) is 5.91 Å². The third-order valence-corrected chi connectivity index (χ3v) is 3.21. The normalized spacial score (nSPS) is 20.6. The number of nitrogens with one attached hydrogen (secondary N) is 1. The minimum absolute atomic E-state index is 0.0150. The first-order valence-electron chi connectivity index (χ1n) is 6.23. The maximum absolute atomic E-state index is 12.2. The number of amides is 1. The molecule has 1 amide bonds. The van der Waals surface area contributed by atoms with Crippen molar-refractivity contribution in [3.8, 4) is 0 Å². The van der Waals surface area contributed by atoms with Gasteiger partial charge >= 0.3 is 0 Å². The summed E-state index contributed by atoms with van der Waals surface area (Å²) in [6, 6.07) is 2.21. The second kappa shape index (κ2) is 4.92. The fourth-order valence-electron chi connectivity index (χ4n) is 2.25. The van der Waals surface area contributed by atoms with Crippen LogP contribution in [0.4, 0.5) is 0 Å². The van der Waals surface area contributed by atoms with Gasteiger partial charge in [0, 0.05) is 32.1 Å². The number of carbonyl (C=O) groups excluding carboxylic acids is 1. The fraction of sp³-hybridized carbons (Fsp3) is 0.615. The number of hydrogen-bond donors (Lipinski definition) is 1. The number of rotatable bonds is 2.